The second kappa shape index (κ2) is 5.28. The molecule has 100 valence electrons. The minimum Gasteiger partial charge on any atom is -0.488 e. The van der Waals surface area contributed by atoms with E-state index in [1.54, 1.807) is 0 Å². The highest BCUT2D eigenvalue weighted by Crippen LogP contribution is 2.21. The zero-order valence-electron chi connectivity index (χ0n) is 10.7. The summed E-state index contributed by atoms with van der Waals surface area (Å²) >= 11 is 0. The monoisotopic (exact) mass is 269 g/mol. The lowest BCUT2D eigenvalue weighted by Gasteiger charge is -2.38. The van der Waals surface area contributed by atoms with Gasteiger partial charge in [0, 0.05) is 0 Å². The maximum atomic E-state index is 11.9. The molecule has 0 atom stereocenters. The molecule has 0 unspecified atom stereocenters. The van der Waals surface area contributed by atoms with Gasteiger partial charge in [0.1, 0.15) is 11.9 Å². The predicted octanol–water partition coefficient (Wildman–Crippen LogP) is 1.74. The zero-order valence-corrected chi connectivity index (χ0v) is 11.6. The van der Waals surface area contributed by atoms with E-state index in [0.717, 1.165) is 5.75 Å². The van der Waals surface area contributed by atoms with Crippen LogP contribution in [0.1, 0.15) is 13.8 Å². The van der Waals surface area contributed by atoms with Crippen molar-refractivity contribution in [3.63, 3.8) is 0 Å². The van der Waals surface area contributed by atoms with Gasteiger partial charge in [0.2, 0.25) is 10.0 Å². The first kappa shape index (κ1) is 13.4. The van der Waals surface area contributed by atoms with E-state index >= 15 is 0 Å². The smallest absolute Gasteiger partial charge is 0.214 e. The Hall–Kier alpha value is -1.07. The van der Waals surface area contributed by atoms with Crippen molar-refractivity contribution in [2.45, 2.75) is 20.0 Å². The summed E-state index contributed by atoms with van der Waals surface area (Å²) in [6, 6.07) is 9.49. The van der Waals surface area contributed by atoms with E-state index < -0.39 is 10.0 Å². The highest BCUT2D eigenvalue weighted by atomic mass is 32.2. The second-order valence-corrected chi connectivity index (χ2v) is 7.06. The molecule has 0 saturated carbocycles. The molecule has 5 heteroatoms. The summed E-state index contributed by atoms with van der Waals surface area (Å²) in [5, 5.41) is 0. The van der Waals surface area contributed by atoms with Crippen molar-refractivity contribution in [1.29, 1.82) is 0 Å². The Kier molecular flexibility index (Phi) is 3.92. The van der Waals surface area contributed by atoms with E-state index in [4.69, 9.17) is 4.74 Å². The van der Waals surface area contributed by atoms with Crippen LogP contribution >= 0.6 is 0 Å². The van der Waals surface area contributed by atoms with Gasteiger partial charge in [-0.2, -0.15) is 4.31 Å². The molecule has 18 heavy (non-hydrogen) atoms. The molecule has 1 aliphatic rings. The molecule has 0 aliphatic carbocycles. The SMILES string of the molecule is CC(C)CS(=O)(=O)N1CC(Oc2ccccc2)C1. The summed E-state index contributed by atoms with van der Waals surface area (Å²) in [5.41, 5.74) is 0. The van der Waals surface area contributed by atoms with Crippen LogP contribution in [0.15, 0.2) is 30.3 Å². The van der Waals surface area contributed by atoms with Crippen LogP contribution in [-0.2, 0) is 10.0 Å². The molecule has 1 aliphatic heterocycles. The Balaban J connectivity index is 1.84. The first-order chi connectivity index (χ1) is 8.47. The largest absolute Gasteiger partial charge is 0.488 e. The fourth-order valence-corrected chi connectivity index (χ4v) is 3.76. The number of hydrogen-bond acceptors (Lipinski definition) is 3. The van der Waals surface area contributed by atoms with Gasteiger partial charge in [0.05, 0.1) is 18.8 Å². The first-order valence-electron chi connectivity index (χ1n) is 6.17. The molecule has 0 aromatic heterocycles. The Morgan fingerprint density at radius 1 is 1.28 bits per heavy atom. The van der Waals surface area contributed by atoms with E-state index in [2.05, 4.69) is 0 Å². The summed E-state index contributed by atoms with van der Waals surface area (Å²) in [7, 11) is -3.09. The average molecular weight is 269 g/mol. The lowest BCUT2D eigenvalue weighted by Crippen LogP contribution is -2.56. The van der Waals surface area contributed by atoms with Gasteiger partial charge < -0.3 is 4.74 Å². The van der Waals surface area contributed by atoms with E-state index in [1.807, 2.05) is 44.2 Å². The Bertz CT molecular complexity index is 478. The van der Waals surface area contributed by atoms with Crippen molar-refractivity contribution in [3.8, 4) is 5.75 Å². The van der Waals surface area contributed by atoms with Crippen molar-refractivity contribution >= 4 is 10.0 Å². The third-order valence-corrected chi connectivity index (χ3v) is 4.97. The number of para-hydroxylation sites is 1. The minimum absolute atomic E-state index is 0.0191. The molecule has 1 aromatic carbocycles. The molecule has 1 aromatic rings. The van der Waals surface area contributed by atoms with Gasteiger partial charge in [0.15, 0.2) is 0 Å². The van der Waals surface area contributed by atoms with Crippen molar-refractivity contribution < 1.29 is 13.2 Å². The summed E-state index contributed by atoms with van der Waals surface area (Å²) in [6.45, 7) is 4.75. The van der Waals surface area contributed by atoms with Crippen LogP contribution in [0.3, 0.4) is 0 Å². The van der Waals surface area contributed by atoms with Crippen molar-refractivity contribution in [3.05, 3.63) is 30.3 Å². The number of nitrogens with zero attached hydrogens (tertiary/aromatic N) is 1. The molecule has 0 N–H and O–H groups in total. The van der Waals surface area contributed by atoms with Crippen LogP contribution in [0, 0.1) is 5.92 Å². The number of ether oxygens (including phenoxy) is 1. The number of rotatable bonds is 5. The third-order valence-electron chi connectivity index (χ3n) is 2.80. The highest BCUT2D eigenvalue weighted by molar-refractivity contribution is 7.89. The average Bonchev–Trinajstić information content (AvgIpc) is 2.22. The maximum absolute atomic E-state index is 11.9. The van der Waals surface area contributed by atoms with E-state index in [-0.39, 0.29) is 17.8 Å². The fraction of sp³-hybridized carbons (Fsp3) is 0.538. The Labute approximate surface area is 109 Å². The molecule has 2 rings (SSSR count). The first-order valence-corrected chi connectivity index (χ1v) is 7.78. The van der Waals surface area contributed by atoms with Crippen LogP contribution in [-0.4, -0.2) is 37.7 Å². The molecule has 1 saturated heterocycles. The lowest BCUT2D eigenvalue weighted by molar-refractivity contribution is 0.0760. The summed E-state index contributed by atoms with van der Waals surface area (Å²) in [4.78, 5) is 0. The summed E-state index contributed by atoms with van der Waals surface area (Å²) in [5.74, 6) is 1.16. The van der Waals surface area contributed by atoms with Crippen LogP contribution in [0.5, 0.6) is 5.75 Å². The Morgan fingerprint density at radius 3 is 2.44 bits per heavy atom. The van der Waals surface area contributed by atoms with E-state index in [0.29, 0.717) is 13.1 Å². The topological polar surface area (TPSA) is 46.6 Å². The van der Waals surface area contributed by atoms with Gasteiger partial charge in [-0.1, -0.05) is 32.0 Å². The van der Waals surface area contributed by atoms with Gasteiger partial charge >= 0.3 is 0 Å². The maximum Gasteiger partial charge on any atom is 0.214 e. The standard InChI is InChI=1S/C13H19NO3S/c1-11(2)10-18(15,16)14-8-13(9-14)17-12-6-4-3-5-7-12/h3-7,11,13H,8-10H2,1-2H3. The minimum atomic E-state index is -3.09. The van der Waals surface area contributed by atoms with Crippen LogP contribution in [0.4, 0.5) is 0 Å². The third kappa shape index (κ3) is 3.23. The van der Waals surface area contributed by atoms with E-state index in [1.165, 1.54) is 4.31 Å². The Morgan fingerprint density at radius 2 is 1.89 bits per heavy atom. The van der Waals surface area contributed by atoms with Crippen molar-refractivity contribution in [2.75, 3.05) is 18.8 Å². The normalized spacial score (nSPS) is 17.7. The summed E-state index contributed by atoms with van der Waals surface area (Å²) in [6.07, 6.45) is -0.0191. The van der Waals surface area contributed by atoms with Gasteiger partial charge in [-0.15, -0.1) is 0 Å². The van der Waals surface area contributed by atoms with Gasteiger partial charge in [-0.25, -0.2) is 8.42 Å². The van der Waals surface area contributed by atoms with Crippen LogP contribution < -0.4 is 4.74 Å². The molecule has 0 bridgehead atoms. The van der Waals surface area contributed by atoms with Gasteiger partial charge in [0.25, 0.3) is 0 Å². The molecule has 1 heterocycles. The number of hydrogen-bond donors (Lipinski definition) is 0. The second-order valence-electron chi connectivity index (χ2n) is 5.04. The van der Waals surface area contributed by atoms with Crippen molar-refractivity contribution in [1.82, 2.24) is 4.31 Å². The quantitative estimate of drug-likeness (QED) is 0.818. The molecule has 4 nitrogen and oxygen atoms in total. The summed E-state index contributed by atoms with van der Waals surface area (Å²) < 4.78 is 31.0. The predicted molar refractivity (Wildman–Crippen MR) is 71.1 cm³/mol. The molecule has 0 amide bonds. The number of benzene rings is 1. The molecular formula is C13H19NO3S. The molecule has 1 fully saturated rings. The molecular weight excluding hydrogens is 250 g/mol. The fourth-order valence-electron chi connectivity index (χ4n) is 1.92. The van der Waals surface area contributed by atoms with Gasteiger partial charge in [-0.3, -0.25) is 0 Å². The van der Waals surface area contributed by atoms with Crippen molar-refractivity contribution in [2.24, 2.45) is 5.92 Å². The highest BCUT2D eigenvalue weighted by Gasteiger charge is 2.37. The van der Waals surface area contributed by atoms with Crippen LogP contribution in [0.2, 0.25) is 0 Å². The molecule has 0 radical (unpaired) electrons. The van der Waals surface area contributed by atoms with E-state index in [9.17, 15) is 8.42 Å². The molecule has 0 spiro atoms. The lowest BCUT2D eigenvalue weighted by atomic mass is 10.2. The van der Waals surface area contributed by atoms with Crippen LogP contribution in [0.25, 0.3) is 0 Å². The zero-order chi connectivity index (χ0) is 13.2. The number of sulfonamides is 1. The van der Waals surface area contributed by atoms with Gasteiger partial charge in [-0.05, 0) is 18.1 Å².